The van der Waals surface area contributed by atoms with Crippen LogP contribution in [-0.4, -0.2) is 82.7 Å². The number of likely N-dealkylation sites (tertiary alicyclic amines) is 1. The van der Waals surface area contributed by atoms with E-state index in [-0.39, 0.29) is 24.3 Å². The van der Waals surface area contributed by atoms with Gasteiger partial charge in [0, 0.05) is 29.2 Å². The molecule has 10 heteroatoms. The first-order valence-corrected chi connectivity index (χ1v) is 17.6. The van der Waals surface area contributed by atoms with Gasteiger partial charge in [-0.1, -0.05) is 54.6 Å². The maximum atomic E-state index is 15.1. The third-order valence-corrected chi connectivity index (χ3v) is 12.1. The van der Waals surface area contributed by atoms with E-state index in [1.807, 2.05) is 111 Å². The van der Waals surface area contributed by atoms with E-state index in [4.69, 9.17) is 9.47 Å². The Labute approximate surface area is 291 Å². The molecule has 0 bridgehead atoms. The predicted molar refractivity (Wildman–Crippen MR) is 191 cm³/mol. The number of nitrogens with zero attached hydrogens (tertiary/aromatic N) is 3. The molecule has 4 aliphatic rings. The van der Waals surface area contributed by atoms with Gasteiger partial charge >= 0.3 is 0 Å². The van der Waals surface area contributed by atoms with Crippen molar-refractivity contribution in [2.24, 2.45) is 11.8 Å². The summed E-state index contributed by atoms with van der Waals surface area (Å²) in [5.41, 5.74) is 2.33. The van der Waals surface area contributed by atoms with Crippen molar-refractivity contribution < 1.29 is 29.0 Å². The Morgan fingerprint density at radius 2 is 1.43 bits per heavy atom. The first-order chi connectivity index (χ1) is 23.7. The third-order valence-electron chi connectivity index (χ3n) is 10.3. The zero-order valence-electron chi connectivity index (χ0n) is 27.9. The zero-order valence-corrected chi connectivity index (χ0v) is 28.7. The molecule has 49 heavy (non-hydrogen) atoms. The molecule has 4 heterocycles. The van der Waals surface area contributed by atoms with Crippen LogP contribution in [0, 0.1) is 11.8 Å². The molecule has 0 aromatic heterocycles. The quantitative estimate of drug-likeness (QED) is 0.322. The van der Waals surface area contributed by atoms with Gasteiger partial charge in [0.05, 0.1) is 42.9 Å². The van der Waals surface area contributed by atoms with Crippen molar-refractivity contribution in [2.75, 3.05) is 43.2 Å². The van der Waals surface area contributed by atoms with Gasteiger partial charge in [-0.15, -0.1) is 11.8 Å². The SMILES string of the molecule is CCOc1ccc(N2CC=C[C@]3(C)S[C@]45C=CCN(c6ccc(OC)cc6)C(=O)C4N([C@@H](CO)Cc4ccccc4)C(=O)[C@@H]5[C@@H]3C2=O)cc1. The van der Waals surface area contributed by atoms with Crippen LogP contribution in [0.4, 0.5) is 11.4 Å². The predicted octanol–water partition coefficient (Wildman–Crippen LogP) is 4.89. The molecule has 2 saturated heterocycles. The normalized spacial score (nSPS) is 28.1. The lowest BCUT2D eigenvalue weighted by Crippen LogP contribution is -2.57. The molecule has 254 valence electrons. The van der Waals surface area contributed by atoms with Crippen LogP contribution in [0.1, 0.15) is 19.4 Å². The minimum Gasteiger partial charge on any atom is -0.497 e. The van der Waals surface area contributed by atoms with Gasteiger partial charge in [0.1, 0.15) is 17.5 Å². The molecule has 3 aromatic rings. The Morgan fingerprint density at radius 1 is 0.816 bits per heavy atom. The van der Waals surface area contributed by atoms with E-state index >= 15 is 9.59 Å². The first kappa shape index (κ1) is 33.0. The van der Waals surface area contributed by atoms with Crippen LogP contribution in [0.2, 0.25) is 0 Å². The van der Waals surface area contributed by atoms with Crippen molar-refractivity contribution in [3.63, 3.8) is 0 Å². The summed E-state index contributed by atoms with van der Waals surface area (Å²) in [4.78, 5) is 50.0. The lowest BCUT2D eigenvalue weighted by molar-refractivity contribution is -0.142. The topological polar surface area (TPSA) is 99.6 Å². The maximum absolute atomic E-state index is 15.1. The summed E-state index contributed by atoms with van der Waals surface area (Å²) in [7, 11) is 1.59. The molecule has 0 saturated carbocycles. The molecule has 1 unspecified atom stereocenters. The highest BCUT2D eigenvalue weighted by molar-refractivity contribution is 8.02. The summed E-state index contributed by atoms with van der Waals surface area (Å²) in [6.07, 6.45) is 8.37. The third kappa shape index (κ3) is 5.51. The number of hydrogen-bond acceptors (Lipinski definition) is 7. The standard InChI is InChI=1S/C39H41N3O6S/c1-4-48-31-18-14-27(15-19-31)40-22-8-20-38(2)32(35(40)44)33-36(45)42(29(25-43)24-26-10-6-5-7-11-26)34-37(46)41(23-9-21-39(33,34)49-38)28-12-16-30(47-3)17-13-28/h5-21,29,32-34,43H,4,22-25H2,1-3H3/t29-,32-,33+,34?,38+,39+/m1/s1. The molecule has 6 atom stereocenters. The molecule has 1 spiro atoms. The lowest BCUT2D eigenvalue weighted by Gasteiger charge is -2.39. The molecular weight excluding hydrogens is 639 g/mol. The number of ether oxygens (including phenoxy) is 2. The number of methoxy groups -OCH3 is 1. The highest BCUT2D eigenvalue weighted by atomic mass is 32.2. The number of carbonyl (C=O) groups excluding carboxylic acids is 3. The van der Waals surface area contributed by atoms with Crippen molar-refractivity contribution in [1.82, 2.24) is 4.90 Å². The average molecular weight is 680 g/mol. The Morgan fingerprint density at radius 3 is 2.04 bits per heavy atom. The van der Waals surface area contributed by atoms with E-state index in [0.29, 0.717) is 49.0 Å². The number of rotatable bonds is 9. The van der Waals surface area contributed by atoms with Crippen LogP contribution < -0.4 is 19.3 Å². The molecule has 0 aliphatic carbocycles. The minimum atomic E-state index is -1.05. The highest BCUT2D eigenvalue weighted by Gasteiger charge is 2.74. The van der Waals surface area contributed by atoms with Crippen LogP contribution in [0.3, 0.4) is 0 Å². The van der Waals surface area contributed by atoms with E-state index in [2.05, 4.69) is 6.08 Å². The number of carbonyl (C=O) groups is 3. The van der Waals surface area contributed by atoms with E-state index in [1.165, 1.54) is 11.8 Å². The Bertz CT molecular complexity index is 1780. The molecule has 4 aliphatic heterocycles. The minimum absolute atomic E-state index is 0.166. The number of amides is 3. The second-order valence-corrected chi connectivity index (χ2v) is 14.9. The number of anilines is 2. The molecule has 2 fully saturated rings. The maximum Gasteiger partial charge on any atom is 0.251 e. The second-order valence-electron chi connectivity index (χ2n) is 13.1. The Balaban J connectivity index is 1.33. The Hall–Kier alpha value is -4.54. The molecule has 3 amide bonds. The van der Waals surface area contributed by atoms with Gasteiger partial charge in [0.2, 0.25) is 11.8 Å². The van der Waals surface area contributed by atoms with Gasteiger partial charge in [0.25, 0.3) is 5.91 Å². The van der Waals surface area contributed by atoms with Crippen LogP contribution in [-0.2, 0) is 20.8 Å². The van der Waals surface area contributed by atoms with Gasteiger partial charge in [-0.25, -0.2) is 0 Å². The van der Waals surface area contributed by atoms with Crippen molar-refractivity contribution in [2.45, 2.75) is 41.8 Å². The molecule has 1 N–H and O–H groups in total. The number of benzene rings is 3. The smallest absolute Gasteiger partial charge is 0.251 e. The van der Waals surface area contributed by atoms with Gasteiger partial charge in [0.15, 0.2) is 0 Å². The molecule has 0 radical (unpaired) electrons. The summed E-state index contributed by atoms with van der Waals surface area (Å²) in [5, 5.41) is 10.9. The zero-order chi connectivity index (χ0) is 34.3. The van der Waals surface area contributed by atoms with E-state index in [0.717, 1.165) is 5.56 Å². The number of aliphatic hydroxyl groups excluding tert-OH is 1. The molecule has 9 nitrogen and oxygen atoms in total. The van der Waals surface area contributed by atoms with Crippen molar-refractivity contribution in [1.29, 1.82) is 0 Å². The van der Waals surface area contributed by atoms with Crippen molar-refractivity contribution in [3.05, 3.63) is 109 Å². The number of fused-ring (bicyclic) bond motifs is 2. The summed E-state index contributed by atoms with van der Waals surface area (Å²) in [6, 6.07) is 22.8. The van der Waals surface area contributed by atoms with E-state index in [1.54, 1.807) is 21.8 Å². The summed E-state index contributed by atoms with van der Waals surface area (Å²) < 4.78 is 9.17. The monoisotopic (exact) mass is 679 g/mol. The Kier molecular flexibility index (Phi) is 8.79. The summed E-state index contributed by atoms with van der Waals surface area (Å²) >= 11 is 1.53. The number of hydrogen-bond donors (Lipinski definition) is 1. The first-order valence-electron chi connectivity index (χ1n) is 16.8. The largest absolute Gasteiger partial charge is 0.497 e. The van der Waals surface area contributed by atoms with Crippen LogP contribution in [0.5, 0.6) is 11.5 Å². The highest BCUT2D eigenvalue weighted by Crippen LogP contribution is 2.66. The molecular formula is C39H41N3O6S. The fourth-order valence-electron chi connectivity index (χ4n) is 8.11. The van der Waals surface area contributed by atoms with E-state index in [9.17, 15) is 9.90 Å². The van der Waals surface area contributed by atoms with Crippen molar-refractivity contribution in [3.8, 4) is 11.5 Å². The van der Waals surface area contributed by atoms with Crippen LogP contribution >= 0.6 is 11.8 Å². The summed E-state index contributed by atoms with van der Waals surface area (Å²) in [6.45, 7) is 4.78. The number of thioether (sulfide) groups is 1. The molecule has 3 aromatic carbocycles. The average Bonchev–Trinajstić information content (AvgIpc) is 3.39. The fourth-order valence-corrected chi connectivity index (χ4v) is 10.3. The van der Waals surface area contributed by atoms with Gasteiger partial charge in [-0.05, 0) is 74.4 Å². The van der Waals surface area contributed by atoms with Crippen LogP contribution in [0.15, 0.2) is 103 Å². The van der Waals surface area contributed by atoms with E-state index < -0.39 is 33.4 Å². The lowest BCUT2D eigenvalue weighted by atomic mass is 9.74. The van der Waals surface area contributed by atoms with Crippen molar-refractivity contribution >= 4 is 40.9 Å². The fraction of sp³-hybridized carbons (Fsp3) is 0.359. The number of aliphatic hydroxyl groups is 1. The van der Waals surface area contributed by atoms with Gasteiger partial charge in [-0.3, -0.25) is 14.4 Å². The van der Waals surface area contributed by atoms with Gasteiger partial charge < -0.3 is 29.3 Å². The molecule has 7 rings (SSSR count). The second kappa shape index (κ2) is 13.1. The van der Waals surface area contributed by atoms with Gasteiger partial charge in [-0.2, -0.15) is 0 Å². The van der Waals surface area contributed by atoms with Crippen LogP contribution in [0.25, 0.3) is 0 Å². The summed E-state index contributed by atoms with van der Waals surface area (Å²) in [5.74, 6) is -0.916.